The lowest BCUT2D eigenvalue weighted by Gasteiger charge is -2.09. The number of hydrogen-bond donors (Lipinski definition) is 2. The van der Waals surface area contributed by atoms with Crippen LogP contribution in [0.3, 0.4) is 0 Å². The Bertz CT molecular complexity index is 370. The maximum atomic E-state index is 11.6. The Morgan fingerprint density at radius 1 is 1.44 bits per heavy atom. The van der Waals surface area contributed by atoms with Gasteiger partial charge in [-0.2, -0.15) is 0 Å². The summed E-state index contributed by atoms with van der Waals surface area (Å²) in [6.45, 7) is 7.05. The third kappa shape index (κ3) is 5.68. The number of aromatic nitrogens is 2. The summed E-state index contributed by atoms with van der Waals surface area (Å²) < 4.78 is 0.827. The first kappa shape index (κ1) is 15.2. The molecule has 1 rings (SSSR count). The largest absolute Gasteiger partial charge is 0.360 e. The normalized spacial score (nSPS) is 12.2. The Hall–Kier alpha value is -0.820. The van der Waals surface area contributed by atoms with Gasteiger partial charge < -0.3 is 10.6 Å². The van der Waals surface area contributed by atoms with E-state index in [1.165, 1.54) is 23.1 Å². The van der Waals surface area contributed by atoms with Crippen molar-refractivity contribution in [2.45, 2.75) is 44.0 Å². The van der Waals surface area contributed by atoms with Gasteiger partial charge in [-0.1, -0.05) is 36.9 Å². The summed E-state index contributed by atoms with van der Waals surface area (Å²) in [6, 6.07) is 0.231. The van der Waals surface area contributed by atoms with Gasteiger partial charge in [-0.3, -0.25) is 4.79 Å². The van der Waals surface area contributed by atoms with E-state index in [0.717, 1.165) is 28.9 Å². The van der Waals surface area contributed by atoms with Crippen molar-refractivity contribution >= 4 is 34.1 Å². The van der Waals surface area contributed by atoms with Gasteiger partial charge >= 0.3 is 0 Å². The average molecular weight is 288 g/mol. The average Bonchev–Trinajstić information content (AvgIpc) is 2.81. The standard InChI is InChI=1S/C11H20N4OS2/c1-4-6-12-10-14-15-11(18-10)17-7-9(16)13-8(3)5-2/h8H,4-7H2,1-3H3,(H,12,14)(H,13,16). The Labute approximate surface area is 116 Å². The highest BCUT2D eigenvalue weighted by Gasteiger charge is 2.09. The summed E-state index contributed by atoms with van der Waals surface area (Å²) in [7, 11) is 0. The fraction of sp³-hybridized carbons (Fsp3) is 0.727. The lowest BCUT2D eigenvalue weighted by Crippen LogP contribution is -2.33. The zero-order valence-electron chi connectivity index (χ0n) is 11.0. The Kier molecular flexibility index (Phi) is 7.04. The van der Waals surface area contributed by atoms with Gasteiger partial charge in [0.15, 0.2) is 4.34 Å². The van der Waals surface area contributed by atoms with Crippen molar-refractivity contribution in [1.29, 1.82) is 0 Å². The van der Waals surface area contributed by atoms with E-state index < -0.39 is 0 Å². The van der Waals surface area contributed by atoms with Crippen molar-refractivity contribution in [3.63, 3.8) is 0 Å². The summed E-state index contributed by atoms with van der Waals surface area (Å²) >= 11 is 2.92. The zero-order chi connectivity index (χ0) is 13.4. The topological polar surface area (TPSA) is 66.9 Å². The van der Waals surface area contributed by atoms with Crippen LogP contribution in [0.25, 0.3) is 0 Å². The minimum atomic E-state index is 0.0487. The van der Waals surface area contributed by atoms with E-state index in [-0.39, 0.29) is 11.9 Å². The number of thioether (sulfide) groups is 1. The molecule has 0 aliphatic rings. The lowest BCUT2D eigenvalue weighted by atomic mass is 10.3. The first-order chi connectivity index (χ1) is 8.65. The van der Waals surface area contributed by atoms with Crippen LogP contribution in [0.4, 0.5) is 5.13 Å². The fourth-order valence-corrected chi connectivity index (χ4v) is 2.71. The van der Waals surface area contributed by atoms with Gasteiger partial charge in [-0.25, -0.2) is 0 Å². The quantitative estimate of drug-likeness (QED) is 0.719. The van der Waals surface area contributed by atoms with Gasteiger partial charge in [0.1, 0.15) is 0 Å². The molecule has 0 spiro atoms. The molecule has 0 aliphatic carbocycles. The molecule has 1 amide bonds. The molecular formula is C11H20N4OS2. The molecule has 0 bridgehead atoms. The highest BCUT2D eigenvalue weighted by atomic mass is 32.2. The molecule has 0 aliphatic heterocycles. The second-order valence-electron chi connectivity index (χ2n) is 3.97. The molecule has 0 radical (unpaired) electrons. The second-order valence-corrected chi connectivity index (χ2v) is 6.17. The van der Waals surface area contributed by atoms with Gasteiger partial charge in [-0.15, -0.1) is 10.2 Å². The Morgan fingerprint density at radius 3 is 2.89 bits per heavy atom. The van der Waals surface area contributed by atoms with E-state index in [1.807, 2.05) is 6.92 Å². The van der Waals surface area contributed by atoms with Crippen molar-refractivity contribution in [3.05, 3.63) is 0 Å². The predicted octanol–water partition coefficient (Wildman–Crippen LogP) is 2.37. The highest BCUT2D eigenvalue weighted by Crippen LogP contribution is 2.25. The van der Waals surface area contributed by atoms with Crippen LogP contribution in [0.5, 0.6) is 0 Å². The maximum absolute atomic E-state index is 11.6. The third-order valence-electron chi connectivity index (χ3n) is 2.28. The monoisotopic (exact) mass is 288 g/mol. The molecule has 0 aromatic carbocycles. The van der Waals surface area contributed by atoms with Crippen LogP contribution >= 0.6 is 23.1 Å². The summed E-state index contributed by atoms with van der Waals surface area (Å²) in [6.07, 6.45) is 2.00. The molecule has 18 heavy (non-hydrogen) atoms. The molecule has 1 atom stereocenters. The number of amides is 1. The molecule has 7 heteroatoms. The van der Waals surface area contributed by atoms with Crippen molar-refractivity contribution in [1.82, 2.24) is 15.5 Å². The van der Waals surface area contributed by atoms with E-state index in [1.54, 1.807) is 0 Å². The summed E-state index contributed by atoms with van der Waals surface area (Å²) in [5.74, 6) is 0.444. The first-order valence-corrected chi connectivity index (χ1v) is 7.95. The van der Waals surface area contributed by atoms with E-state index in [4.69, 9.17) is 0 Å². The number of nitrogens with zero attached hydrogens (tertiary/aromatic N) is 2. The minimum Gasteiger partial charge on any atom is -0.360 e. The molecule has 1 unspecified atom stereocenters. The highest BCUT2D eigenvalue weighted by molar-refractivity contribution is 8.01. The molecule has 0 saturated carbocycles. The van der Waals surface area contributed by atoms with Crippen molar-refractivity contribution in [2.24, 2.45) is 0 Å². The maximum Gasteiger partial charge on any atom is 0.230 e. The van der Waals surface area contributed by atoms with E-state index >= 15 is 0 Å². The molecule has 2 N–H and O–H groups in total. The van der Waals surface area contributed by atoms with Crippen LogP contribution in [0.1, 0.15) is 33.6 Å². The number of hydrogen-bond acceptors (Lipinski definition) is 6. The zero-order valence-corrected chi connectivity index (χ0v) is 12.7. The lowest BCUT2D eigenvalue weighted by molar-refractivity contribution is -0.119. The van der Waals surface area contributed by atoms with E-state index in [2.05, 4.69) is 34.7 Å². The van der Waals surface area contributed by atoms with Crippen LogP contribution in [0.15, 0.2) is 4.34 Å². The third-order valence-corrected chi connectivity index (χ3v) is 4.29. The van der Waals surface area contributed by atoms with Gasteiger partial charge in [0.2, 0.25) is 11.0 Å². The van der Waals surface area contributed by atoms with Crippen LogP contribution in [0.2, 0.25) is 0 Å². The van der Waals surface area contributed by atoms with E-state index in [9.17, 15) is 4.79 Å². The Balaban J connectivity index is 2.30. The molecule has 0 saturated heterocycles. The molecular weight excluding hydrogens is 268 g/mol. The van der Waals surface area contributed by atoms with E-state index in [0.29, 0.717) is 5.75 Å². The first-order valence-electron chi connectivity index (χ1n) is 6.15. The molecule has 1 aromatic heterocycles. The van der Waals surface area contributed by atoms with Gasteiger partial charge in [0.05, 0.1) is 5.75 Å². The SMILES string of the molecule is CCCNc1nnc(SCC(=O)NC(C)CC)s1. The smallest absolute Gasteiger partial charge is 0.230 e. The number of rotatable bonds is 8. The van der Waals surface area contributed by atoms with Gasteiger partial charge in [-0.05, 0) is 19.8 Å². The number of carbonyl (C=O) groups excluding carboxylic acids is 1. The molecule has 5 nitrogen and oxygen atoms in total. The fourth-order valence-electron chi connectivity index (χ4n) is 1.12. The molecule has 102 valence electrons. The summed E-state index contributed by atoms with van der Waals surface area (Å²) in [4.78, 5) is 11.6. The number of carbonyl (C=O) groups is 1. The van der Waals surface area contributed by atoms with Gasteiger partial charge in [0.25, 0.3) is 0 Å². The Morgan fingerprint density at radius 2 is 2.22 bits per heavy atom. The predicted molar refractivity (Wildman–Crippen MR) is 77.3 cm³/mol. The number of nitrogens with one attached hydrogen (secondary N) is 2. The second kappa shape index (κ2) is 8.31. The van der Waals surface area contributed by atoms with Crippen LogP contribution in [0, 0.1) is 0 Å². The van der Waals surface area contributed by atoms with Gasteiger partial charge in [0, 0.05) is 12.6 Å². The van der Waals surface area contributed by atoms with Crippen LogP contribution in [-0.4, -0.2) is 34.4 Å². The van der Waals surface area contributed by atoms with Crippen molar-refractivity contribution in [2.75, 3.05) is 17.6 Å². The molecule has 0 fully saturated rings. The summed E-state index contributed by atoms with van der Waals surface area (Å²) in [5, 5.41) is 15.0. The molecule has 1 aromatic rings. The number of anilines is 1. The van der Waals surface area contributed by atoms with Crippen LogP contribution < -0.4 is 10.6 Å². The van der Waals surface area contributed by atoms with Crippen LogP contribution in [-0.2, 0) is 4.79 Å². The summed E-state index contributed by atoms with van der Waals surface area (Å²) in [5.41, 5.74) is 0. The van der Waals surface area contributed by atoms with Crippen molar-refractivity contribution in [3.8, 4) is 0 Å². The molecule has 1 heterocycles. The van der Waals surface area contributed by atoms with Crippen molar-refractivity contribution < 1.29 is 4.79 Å². The minimum absolute atomic E-state index is 0.0487.